The summed E-state index contributed by atoms with van der Waals surface area (Å²) in [6.07, 6.45) is 1.56. The molecule has 2 aromatic carbocycles. The van der Waals surface area contributed by atoms with Crippen molar-refractivity contribution < 1.29 is 23.6 Å². The highest BCUT2D eigenvalue weighted by molar-refractivity contribution is 5.98. The number of ether oxygens (including phenoxy) is 2. The van der Waals surface area contributed by atoms with E-state index in [4.69, 9.17) is 14.0 Å². The highest BCUT2D eigenvalue weighted by Crippen LogP contribution is 2.33. The van der Waals surface area contributed by atoms with Gasteiger partial charge in [-0.2, -0.15) is 4.98 Å². The van der Waals surface area contributed by atoms with Gasteiger partial charge >= 0.3 is 5.97 Å². The first-order valence-corrected chi connectivity index (χ1v) is 9.58. The number of amides is 1. The molecule has 4 rings (SSSR count). The van der Waals surface area contributed by atoms with E-state index in [1.807, 2.05) is 24.3 Å². The van der Waals surface area contributed by atoms with Crippen LogP contribution in [0.1, 0.15) is 45.5 Å². The minimum Gasteiger partial charge on any atom is -0.497 e. The van der Waals surface area contributed by atoms with Crippen LogP contribution in [0.3, 0.4) is 0 Å². The van der Waals surface area contributed by atoms with Crippen molar-refractivity contribution in [3.63, 3.8) is 0 Å². The number of esters is 1. The molecule has 1 fully saturated rings. The third kappa shape index (κ3) is 3.76. The Morgan fingerprint density at radius 2 is 1.87 bits per heavy atom. The van der Waals surface area contributed by atoms with Crippen LogP contribution in [0.2, 0.25) is 0 Å². The smallest absolute Gasteiger partial charge is 0.337 e. The Bertz CT molecular complexity index is 1060. The first kappa shape index (κ1) is 19.6. The van der Waals surface area contributed by atoms with Crippen molar-refractivity contribution >= 4 is 11.9 Å². The van der Waals surface area contributed by atoms with Crippen LogP contribution in [0.25, 0.3) is 11.4 Å². The van der Waals surface area contributed by atoms with Crippen LogP contribution in [-0.4, -0.2) is 47.7 Å². The van der Waals surface area contributed by atoms with Gasteiger partial charge in [0.1, 0.15) is 11.8 Å². The largest absolute Gasteiger partial charge is 0.497 e. The number of benzene rings is 2. The summed E-state index contributed by atoms with van der Waals surface area (Å²) in [5, 5.41) is 4.08. The van der Waals surface area contributed by atoms with Gasteiger partial charge in [-0.05, 0) is 55.3 Å². The Morgan fingerprint density at radius 3 is 2.60 bits per heavy atom. The van der Waals surface area contributed by atoms with Crippen molar-refractivity contribution in [2.24, 2.45) is 0 Å². The summed E-state index contributed by atoms with van der Waals surface area (Å²) in [6, 6.07) is 13.5. The summed E-state index contributed by atoms with van der Waals surface area (Å²) in [4.78, 5) is 31.1. The van der Waals surface area contributed by atoms with E-state index in [-0.39, 0.29) is 11.9 Å². The fraction of sp³-hybridized carbons (Fsp3) is 0.273. The van der Waals surface area contributed by atoms with E-state index in [9.17, 15) is 9.59 Å². The molecule has 3 aromatic rings. The predicted octanol–water partition coefficient (Wildman–Crippen LogP) is 3.51. The predicted molar refractivity (Wildman–Crippen MR) is 107 cm³/mol. The Labute approximate surface area is 173 Å². The first-order valence-electron chi connectivity index (χ1n) is 9.58. The molecule has 0 spiro atoms. The van der Waals surface area contributed by atoms with Crippen molar-refractivity contribution in [1.29, 1.82) is 0 Å². The zero-order valence-electron chi connectivity index (χ0n) is 16.7. The second-order valence-electron chi connectivity index (χ2n) is 6.91. The molecule has 154 valence electrons. The van der Waals surface area contributed by atoms with Crippen LogP contribution in [-0.2, 0) is 4.74 Å². The lowest BCUT2D eigenvalue weighted by Gasteiger charge is -2.22. The molecule has 1 amide bonds. The van der Waals surface area contributed by atoms with Crippen LogP contribution in [0.5, 0.6) is 5.75 Å². The number of carbonyl (C=O) groups excluding carboxylic acids is 2. The highest BCUT2D eigenvalue weighted by atomic mass is 16.5. The van der Waals surface area contributed by atoms with Crippen LogP contribution < -0.4 is 4.74 Å². The molecule has 30 heavy (non-hydrogen) atoms. The summed E-state index contributed by atoms with van der Waals surface area (Å²) < 4.78 is 15.4. The normalized spacial score (nSPS) is 15.8. The molecule has 1 atom stereocenters. The Hall–Kier alpha value is -3.68. The van der Waals surface area contributed by atoms with Gasteiger partial charge in [-0.15, -0.1) is 0 Å². The lowest BCUT2D eigenvalue weighted by molar-refractivity contribution is 0.0600. The lowest BCUT2D eigenvalue weighted by atomic mass is 10.1. The molecule has 1 unspecified atom stereocenters. The number of hydrogen-bond donors (Lipinski definition) is 0. The molecule has 2 heterocycles. The molecule has 1 saturated heterocycles. The number of methoxy groups -OCH3 is 2. The van der Waals surface area contributed by atoms with E-state index in [2.05, 4.69) is 10.1 Å². The number of hydrogen-bond acceptors (Lipinski definition) is 7. The SMILES string of the molecule is COC(=O)c1cccc(C(=O)N2CCCC2c2nc(-c3ccc(OC)cc3)no2)c1. The number of aromatic nitrogens is 2. The first-order chi connectivity index (χ1) is 14.6. The zero-order chi connectivity index (χ0) is 21.1. The van der Waals surface area contributed by atoms with Crippen molar-refractivity contribution in [2.75, 3.05) is 20.8 Å². The van der Waals surface area contributed by atoms with Gasteiger partial charge in [0.15, 0.2) is 0 Å². The van der Waals surface area contributed by atoms with E-state index < -0.39 is 5.97 Å². The summed E-state index contributed by atoms with van der Waals surface area (Å²) in [7, 11) is 2.91. The summed E-state index contributed by atoms with van der Waals surface area (Å²) in [5.74, 6) is 0.927. The maximum absolute atomic E-state index is 13.1. The molecule has 8 nitrogen and oxygen atoms in total. The maximum atomic E-state index is 13.1. The van der Waals surface area contributed by atoms with E-state index in [1.165, 1.54) is 7.11 Å². The zero-order valence-corrected chi connectivity index (χ0v) is 16.7. The fourth-order valence-corrected chi connectivity index (χ4v) is 3.56. The fourth-order valence-electron chi connectivity index (χ4n) is 3.56. The van der Waals surface area contributed by atoms with Gasteiger partial charge in [0.25, 0.3) is 5.91 Å². The highest BCUT2D eigenvalue weighted by Gasteiger charge is 2.34. The van der Waals surface area contributed by atoms with Gasteiger partial charge in [-0.1, -0.05) is 11.2 Å². The van der Waals surface area contributed by atoms with Crippen molar-refractivity contribution in [3.8, 4) is 17.1 Å². The monoisotopic (exact) mass is 407 g/mol. The standard InChI is InChI=1S/C22H21N3O5/c1-28-17-10-8-14(9-11-17)19-23-20(30-24-19)18-7-4-12-25(18)21(26)15-5-3-6-16(13-15)22(27)29-2/h3,5-6,8-11,13,18H,4,7,12H2,1-2H3. The second-order valence-corrected chi connectivity index (χ2v) is 6.91. The summed E-state index contributed by atoms with van der Waals surface area (Å²) in [5.41, 5.74) is 1.55. The van der Waals surface area contributed by atoms with Gasteiger partial charge in [-0.25, -0.2) is 4.79 Å². The maximum Gasteiger partial charge on any atom is 0.337 e. The molecular formula is C22H21N3O5. The van der Waals surface area contributed by atoms with Crippen molar-refractivity contribution in [1.82, 2.24) is 15.0 Å². The van der Waals surface area contributed by atoms with Crippen molar-refractivity contribution in [2.45, 2.75) is 18.9 Å². The summed E-state index contributed by atoms with van der Waals surface area (Å²) in [6.45, 7) is 0.576. The molecule has 0 N–H and O–H groups in total. The number of carbonyl (C=O) groups is 2. The Kier molecular flexibility index (Phi) is 5.47. The van der Waals surface area contributed by atoms with E-state index in [0.29, 0.717) is 29.4 Å². The average Bonchev–Trinajstić information content (AvgIpc) is 3.48. The third-order valence-electron chi connectivity index (χ3n) is 5.12. The summed E-state index contributed by atoms with van der Waals surface area (Å²) >= 11 is 0. The third-order valence-corrected chi connectivity index (χ3v) is 5.12. The van der Waals surface area contributed by atoms with Gasteiger partial charge < -0.3 is 18.9 Å². The van der Waals surface area contributed by atoms with Crippen LogP contribution >= 0.6 is 0 Å². The topological polar surface area (TPSA) is 94.8 Å². The minimum atomic E-state index is -0.483. The van der Waals surface area contributed by atoms with E-state index in [0.717, 1.165) is 24.2 Å². The van der Waals surface area contributed by atoms with Gasteiger partial charge in [0, 0.05) is 17.7 Å². The number of nitrogens with zero attached hydrogens (tertiary/aromatic N) is 3. The van der Waals surface area contributed by atoms with Crippen LogP contribution in [0.15, 0.2) is 53.1 Å². The van der Waals surface area contributed by atoms with Crippen molar-refractivity contribution in [3.05, 3.63) is 65.5 Å². The van der Waals surface area contributed by atoms with E-state index >= 15 is 0 Å². The second kappa shape index (κ2) is 8.36. The van der Waals surface area contributed by atoms with Crippen LogP contribution in [0, 0.1) is 0 Å². The molecule has 1 aromatic heterocycles. The van der Waals surface area contributed by atoms with Gasteiger partial charge in [-0.3, -0.25) is 4.79 Å². The number of rotatable bonds is 5. The Morgan fingerprint density at radius 1 is 1.10 bits per heavy atom. The quantitative estimate of drug-likeness (QED) is 0.597. The molecule has 0 aliphatic carbocycles. The molecule has 1 aliphatic heterocycles. The Balaban J connectivity index is 1.56. The average molecular weight is 407 g/mol. The molecule has 0 radical (unpaired) electrons. The van der Waals surface area contributed by atoms with E-state index in [1.54, 1.807) is 36.3 Å². The van der Waals surface area contributed by atoms with Crippen LogP contribution in [0.4, 0.5) is 0 Å². The number of likely N-dealkylation sites (tertiary alicyclic amines) is 1. The lowest BCUT2D eigenvalue weighted by Crippen LogP contribution is -2.30. The van der Waals surface area contributed by atoms with Gasteiger partial charge in [0.05, 0.1) is 19.8 Å². The molecule has 0 bridgehead atoms. The molecule has 0 saturated carbocycles. The van der Waals surface area contributed by atoms with Gasteiger partial charge in [0.2, 0.25) is 11.7 Å². The molecule has 8 heteroatoms. The minimum absolute atomic E-state index is 0.188. The molecular weight excluding hydrogens is 386 g/mol. The molecule has 1 aliphatic rings.